The lowest BCUT2D eigenvalue weighted by Gasteiger charge is -2.12. The molecule has 1 amide bonds. The molecule has 23 heavy (non-hydrogen) atoms. The first kappa shape index (κ1) is 15.1. The van der Waals surface area contributed by atoms with Gasteiger partial charge in [0.1, 0.15) is 0 Å². The Morgan fingerprint density at radius 3 is 2.61 bits per heavy atom. The highest BCUT2D eigenvalue weighted by Gasteiger charge is 2.11. The number of amides is 1. The minimum Gasteiger partial charge on any atom is -0.391 e. The van der Waals surface area contributed by atoms with Crippen LogP contribution in [-0.4, -0.2) is 33.6 Å². The number of aromatic nitrogens is 2. The van der Waals surface area contributed by atoms with Crippen molar-refractivity contribution in [2.45, 2.75) is 12.5 Å². The molecule has 1 atom stereocenters. The van der Waals surface area contributed by atoms with E-state index < -0.39 is 6.10 Å². The maximum atomic E-state index is 12.1. The Morgan fingerprint density at radius 1 is 1.09 bits per heavy atom. The van der Waals surface area contributed by atoms with E-state index in [2.05, 4.69) is 15.3 Å². The van der Waals surface area contributed by atoms with Crippen molar-refractivity contribution in [1.82, 2.24) is 15.3 Å². The number of fused-ring (bicyclic) bond motifs is 1. The number of carbonyl (C=O) groups is 1. The fourth-order valence-corrected chi connectivity index (χ4v) is 2.44. The number of imidazole rings is 1. The van der Waals surface area contributed by atoms with Gasteiger partial charge in [-0.05, 0) is 23.8 Å². The van der Waals surface area contributed by atoms with E-state index >= 15 is 0 Å². The highest BCUT2D eigenvalue weighted by molar-refractivity contribution is 5.97. The van der Waals surface area contributed by atoms with Gasteiger partial charge in [0.25, 0.3) is 5.91 Å². The van der Waals surface area contributed by atoms with E-state index in [9.17, 15) is 14.7 Å². The molecular weight excluding hydrogens is 294 g/mol. The van der Waals surface area contributed by atoms with Gasteiger partial charge in [-0.3, -0.25) is 4.79 Å². The zero-order valence-corrected chi connectivity index (χ0v) is 12.4. The first-order valence-corrected chi connectivity index (χ1v) is 7.34. The highest BCUT2D eigenvalue weighted by Crippen LogP contribution is 2.10. The molecule has 3 rings (SSSR count). The molecule has 2 aromatic carbocycles. The predicted octanol–water partition coefficient (Wildman–Crippen LogP) is 1.19. The van der Waals surface area contributed by atoms with Crippen LogP contribution in [0.2, 0.25) is 0 Å². The van der Waals surface area contributed by atoms with E-state index in [1.807, 2.05) is 30.3 Å². The van der Waals surface area contributed by atoms with Gasteiger partial charge in [-0.25, -0.2) is 4.79 Å². The van der Waals surface area contributed by atoms with Crippen LogP contribution in [0.1, 0.15) is 15.9 Å². The zero-order valence-electron chi connectivity index (χ0n) is 12.4. The number of hydrogen-bond acceptors (Lipinski definition) is 3. The number of aliphatic hydroxyl groups excluding tert-OH is 1. The normalized spacial score (nSPS) is 12.2. The summed E-state index contributed by atoms with van der Waals surface area (Å²) >= 11 is 0. The van der Waals surface area contributed by atoms with Crippen LogP contribution in [0.4, 0.5) is 0 Å². The summed E-state index contributed by atoms with van der Waals surface area (Å²) in [5, 5.41) is 12.7. The van der Waals surface area contributed by atoms with Gasteiger partial charge < -0.3 is 20.4 Å². The second kappa shape index (κ2) is 6.50. The number of rotatable bonds is 5. The lowest BCUT2D eigenvalue weighted by Crippen LogP contribution is -2.33. The van der Waals surface area contributed by atoms with Crippen molar-refractivity contribution in [3.8, 4) is 0 Å². The van der Waals surface area contributed by atoms with Gasteiger partial charge in [0.15, 0.2) is 0 Å². The molecule has 0 saturated heterocycles. The summed E-state index contributed by atoms with van der Waals surface area (Å²) in [5.41, 5.74) is 2.36. The van der Waals surface area contributed by atoms with Crippen molar-refractivity contribution in [3.63, 3.8) is 0 Å². The summed E-state index contributed by atoms with van der Waals surface area (Å²) in [6.45, 7) is 0.162. The van der Waals surface area contributed by atoms with Crippen molar-refractivity contribution in [1.29, 1.82) is 0 Å². The van der Waals surface area contributed by atoms with E-state index in [1.165, 1.54) is 0 Å². The molecule has 118 valence electrons. The summed E-state index contributed by atoms with van der Waals surface area (Å²) in [4.78, 5) is 28.6. The molecule has 0 aliphatic rings. The van der Waals surface area contributed by atoms with E-state index in [0.717, 1.165) is 5.56 Å². The molecule has 4 N–H and O–H groups in total. The molecule has 0 aliphatic carbocycles. The van der Waals surface area contributed by atoms with E-state index in [-0.39, 0.29) is 18.1 Å². The molecule has 3 aromatic rings. The fraction of sp³-hybridized carbons (Fsp3) is 0.176. The summed E-state index contributed by atoms with van der Waals surface area (Å²) in [7, 11) is 0. The van der Waals surface area contributed by atoms with Crippen LogP contribution in [0.25, 0.3) is 11.0 Å². The van der Waals surface area contributed by atoms with Gasteiger partial charge in [-0.15, -0.1) is 0 Å². The molecule has 0 bridgehead atoms. The van der Waals surface area contributed by atoms with Crippen LogP contribution in [0.3, 0.4) is 0 Å². The molecule has 0 aliphatic heterocycles. The van der Waals surface area contributed by atoms with Crippen LogP contribution < -0.4 is 11.0 Å². The third kappa shape index (κ3) is 3.67. The molecule has 6 heteroatoms. The van der Waals surface area contributed by atoms with Crippen molar-refractivity contribution < 1.29 is 9.90 Å². The molecule has 1 aromatic heterocycles. The van der Waals surface area contributed by atoms with Crippen LogP contribution >= 0.6 is 0 Å². The Labute approximate surface area is 132 Å². The first-order valence-electron chi connectivity index (χ1n) is 7.34. The van der Waals surface area contributed by atoms with Crippen LogP contribution in [0.5, 0.6) is 0 Å². The lowest BCUT2D eigenvalue weighted by molar-refractivity contribution is 0.0916. The molecule has 0 fully saturated rings. The van der Waals surface area contributed by atoms with Crippen LogP contribution in [0.15, 0.2) is 53.3 Å². The lowest BCUT2D eigenvalue weighted by atomic mass is 10.1. The standard InChI is InChI=1S/C17H17N3O3/c21-13(8-11-4-2-1-3-5-11)10-18-16(22)12-6-7-14-15(9-12)20-17(23)19-14/h1-7,9,13,21H,8,10H2,(H,18,22)(H2,19,20,23). The predicted molar refractivity (Wildman–Crippen MR) is 87.4 cm³/mol. The van der Waals surface area contributed by atoms with Crippen molar-refractivity contribution in [2.24, 2.45) is 0 Å². The Bertz CT molecular complexity index is 867. The molecule has 1 unspecified atom stereocenters. The Morgan fingerprint density at radius 2 is 1.83 bits per heavy atom. The number of carbonyl (C=O) groups excluding carboxylic acids is 1. The number of aliphatic hydroxyl groups is 1. The SMILES string of the molecule is O=C(NCC(O)Cc1ccccc1)c1ccc2[nH]c(=O)[nH]c2c1. The average molecular weight is 311 g/mol. The van der Waals surface area contributed by atoms with Gasteiger partial charge in [0, 0.05) is 18.5 Å². The second-order valence-electron chi connectivity index (χ2n) is 5.39. The summed E-state index contributed by atoms with van der Waals surface area (Å²) < 4.78 is 0. The van der Waals surface area contributed by atoms with Gasteiger partial charge >= 0.3 is 5.69 Å². The molecular formula is C17H17N3O3. The third-order valence-corrected chi connectivity index (χ3v) is 3.59. The van der Waals surface area contributed by atoms with Crippen LogP contribution in [-0.2, 0) is 6.42 Å². The first-order chi connectivity index (χ1) is 11.1. The maximum Gasteiger partial charge on any atom is 0.323 e. The quantitative estimate of drug-likeness (QED) is 0.569. The third-order valence-electron chi connectivity index (χ3n) is 3.59. The minimum absolute atomic E-state index is 0.162. The summed E-state index contributed by atoms with van der Waals surface area (Å²) in [5.74, 6) is -0.291. The molecule has 0 spiro atoms. The summed E-state index contributed by atoms with van der Waals surface area (Å²) in [6.07, 6.45) is -0.178. The number of hydrogen-bond donors (Lipinski definition) is 4. The largest absolute Gasteiger partial charge is 0.391 e. The van der Waals surface area contributed by atoms with Gasteiger partial charge in [0.05, 0.1) is 17.1 Å². The Kier molecular flexibility index (Phi) is 4.25. The van der Waals surface area contributed by atoms with Gasteiger partial charge in [0.2, 0.25) is 0 Å². The molecule has 0 saturated carbocycles. The topological polar surface area (TPSA) is 98.0 Å². The van der Waals surface area contributed by atoms with E-state index in [4.69, 9.17) is 0 Å². The van der Waals surface area contributed by atoms with Crippen LogP contribution in [0, 0.1) is 0 Å². The van der Waals surface area contributed by atoms with Gasteiger partial charge in [-0.2, -0.15) is 0 Å². The zero-order chi connectivity index (χ0) is 16.2. The second-order valence-corrected chi connectivity index (χ2v) is 5.39. The fourth-order valence-electron chi connectivity index (χ4n) is 2.44. The maximum absolute atomic E-state index is 12.1. The van der Waals surface area contributed by atoms with Crippen molar-refractivity contribution in [2.75, 3.05) is 6.54 Å². The monoisotopic (exact) mass is 311 g/mol. The minimum atomic E-state index is -0.655. The van der Waals surface area contributed by atoms with E-state index in [0.29, 0.717) is 23.0 Å². The molecule has 0 radical (unpaired) electrons. The van der Waals surface area contributed by atoms with Crippen molar-refractivity contribution in [3.05, 3.63) is 70.1 Å². The number of aromatic amines is 2. The Hall–Kier alpha value is -2.86. The summed E-state index contributed by atoms with van der Waals surface area (Å²) in [6, 6.07) is 14.5. The van der Waals surface area contributed by atoms with Gasteiger partial charge in [-0.1, -0.05) is 30.3 Å². The number of H-pyrrole nitrogens is 2. The van der Waals surface area contributed by atoms with Crippen molar-refractivity contribution >= 4 is 16.9 Å². The average Bonchev–Trinajstić information content (AvgIpc) is 2.92. The van der Waals surface area contributed by atoms with E-state index in [1.54, 1.807) is 18.2 Å². The number of benzene rings is 2. The molecule has 6 nitrogen and oxygen atoms in total. The smallest absolute Gasteiger partial charge is 0.323 e. The Balaban J connectivity index is 1.60. The highest BCUT2D eigenvalue weighted by atomic mass is 16.3. The molecule has 1 heterocycles. The number of nitrogens with one attached hydrogen (secondary N) is 3.